The van der Waals surface area contributed by atoms with Crippen LogP contribution in [0.3, 0.4) is 0 Å². The zero-order chi connectivity index (χ0) is 23.2. The lowest BCUT2D eigenvalue weighted by atomic mass is 10.1. The number of aryl methyl sites for hydroxylation is 1. The van der Waals surface area contributed by atoms with Crippen molar-refractivity contribution in [3.8, 4) is 0 Å². The average molecular weight is 463 g/mol. The van der Waals surface area contributed by atoms with Gasteiger partial charge in [0, 0.05) is 54.9 Å². The highest BCUT2D eigenvalue weighted by Gasteiger charge is 2.19. The van der Waals surface area contributed by atoms with E-state index in [1.54, 1.807) is 18.0 Å². The first-order valence-corrected chi connectivity index (χ1v) is 12.2. The van der Waals surface area contributed by atoms with Gasteiger partial charge in [-0.1, -0.05) is 30.0 Å². The van der Waals surface area contributed by atoms with Crippen molar-refractivity contribution in [3.05, 3.63) is 76.7 Å². The largest absolute Gasteiger partial charge is 0.354 e. The second-order valence-electron chi connectivity index (χ2n) is 8.32. The number of hydrogen-bond donors (Lipinski definition) is 1. The molecule has 1 fully saturated rings. The average Bonchev–Trinajstić information content (AvgIpc) is 2.84. The van der Waals surface area contributed by atoms with Crippen LogP contribution >= 0.6 is 11.8 Å². The highest BCUT2D eigenvalue weighted by atomic mass is 32.2. The molecule has 0 spiro atoms. The molecule has 1 aliphatic rings. The van der Waals surface area contributed by atoms with Crippen LogP contribution in [0.4, 0.5) is 5.82 Å². The molecule has 1 aromatic carbocycles. The number of nitrogens with zero attached hydrogens (tertiary/aromatic N) is 5. The fourth-order valence-corrected chi connectivity index (χ4v) is 4.53. The van der Waals surface area contributed by atoms with E-state index < -0.39 is 0 Å². The minimum atomic E-state index is -0.104. The molecule has 1 aliphatic heterocycles. The number of hydrogen-bond acceptors (Lipinski definition) is 7. The van der Waals surface area contributed by atoms with E-state index in [-0.39, 0.29) is 5.91 Å². The molecule has 1 N–H and O–H groups in total. The molecule has 2 aromatic heterocycles. The number of thioether (sulfide) groups is 1. The van der Waals surface area contributed by atoms with Crippen molar-refractivity contribution < 1.29 is 4.79 Å². The Balaban J connectivity index is 1.40. The summed E-state index contributed by atoms with van der Waals surface area (Å²) in [4.78, 5) is 31.1. The Kier molecular flexibility index (Phi) is 7.57. The third-order valence-corrected chi connectivity index (χ3v) is 6.78. The number of pyridine rings is 1. The highest BCUT2D eigenvalue weighted by molar-refractivity contribution is 7.98. The quantitative estimate of drug-likeness (QED) is 0.426. The van der Waals surface area contributed by atoms with Gasteiger partial charge < -0.3 is 15.1 Å². The zero-order valence-corrected chi connectivity index (χ0v) is 20.2. The van der Waals surface area contributed by atoms with E-state index in [1.165, 1.54) is 0 Å². The molecular formula is C25H30N6OS. The van der Waals surface area contributed by atoms with E-state index in [2.05, 4.69) is 34.1 Å². The number of carbonyl (C=O) groups is 1. The summed E-state index contributed by atoms with van der Waals surface area (Å²) in [6, 6.07) is 13.4. The number of aromatic nitrogens is 3. The molecule has 7 nitrogen and oxygen atoms in total. The Bertz CT molecular complexity index is 1100. The fourth-order valence-electron chi connectivity index (χ4n) is 3.71. The van der Waals surface area contributed by atoms with E-state index in [1.807, 2.05) is 49.4 Å². The van der Waals surface area contributed by atoms with Crippen molar-refractivity contribution in [2.75, 3.05) is 38.1 Å². The van der Waals surface area contributed by atoms with Crippen molar-refractivity contribution in [3.63, 3.8) is 0 Å². The normalized spacial score (nSPS) is 14.3. The van der Waals surface area contributed by atoms with Crippen LogP contribution in [-0.2, 0) is 12.3 Å². The maximum absolute atomic E-state index is 12.6. The number of rotatable bonds is 7. The molecule has 33 heavy (non-hydrogen) atoms. The van der Waals surface area contributed by atoms with Gasteiger partial charge in [-0.3, -0.25) is 9.78 Å². The summed E-state index contributed by atoms with van der Waals surface area (Å²) in [7, 11) is 2.16. The molecule has 3 heterocycles. The Hall–Kier alpha value is -2.97. The number of piperazine rings is 1. The van der Waals surface area contributed by atoms with E-state index in [0.717, 1.165) is 59.7 Å². The van der Waals surface area contributed by atoms with Crippen molar-refractivity contribution in [1.82, 2.24) is 25.2 Å². The predicted molar refractivity (Wildman–Crippen MR) is 133 cm³/mol. The maximum Gasteiger partial charge on any atom is 0.251 e. The lowest BCUT2D eigenvalue weighted by molar-refractivity contribution is 0.0950. The zero-order valence-electron chi connectivity index (χ0n) is 19.4. The van der Waals surface area contributed by atoms with Gasteiger partial charge in [-0.2, -0.15) is 0 Å². The van der Waals surface area contributed by atoms with E-state index >= 15 is 0 Å². The number of nitrogens with one attached hydrogen (secondary N) is 1. The topological polar surface area (TPSA) is 74.2 Å². The highest BCUT2D eigenvalue weighted by Crippen LogP contribution is 2.27. The molecule has 0 atom stereocenters. The Labute approximate surface area is 199 Å². The molecule has 0 aliphatic carbocycles. The summed E-state index contributed by atoms with van der Waals surface area (Å²) in [6.07, 6.45) is 1.73. The van der Waals surface area contributed by atoms with Gasteiger partial charge in [0.1, 0.15) is 5.82 Å². The van der Waals surface area contributed by atoms with Crippen LogP contribution in [0.5, 0.6) is 0 Å². The third kappa shape index (κ3) is 6.09. The number of anilines is 1. The summed E-state index contributed by atoms with van der Waals surface area (Å²) in [5, 5.41) is 3.71. The summed E-state index contributed by atoms with van der Waals surface area (Å²) in [6.45, 7) is 8.60. The van der Waals surface area contributed by atoms with Gasteiger partial charge in [0.2, 0.25) is 0 Å². The van der Waals surface area contributed by atoms with Crippen LogP contribution in [-0.4, -0.2) is 59.0 Å². The van der Waals surface area contributed by atoms with Gasteiger partial charge in [0.25, 0.3) is 5.91 Å². The first kappa shape index (κ1) is 23.2. The maximum atomic E-state index is 12.6. The molecule has 1 amide bonds. The van der Waals surface area contributed by atoms with Crippen molar-refractivity contribution in [2.24, 2.45) is 0 Å². The Morgan fingerprint density at radius 3 is 2.64 bits per heavy atom. The molecule has 0 unspecified atom stereocenters. The van der Waals surface area contributed by atoms with Crippen LogP contribution in [0.1, 0.15) is 32.9 Å². The van der Waals surface area contributed by atoms with E-state index in [4.69, 9.17) is 9.97 Å². The van der Waals surface area contributed by atoms with Crippen LogP contribution in [0.2, 0.25) is 0 Å². The van der Waals surface area contributed by atoms with Crippen molar-refractivity contribution >= 4 is 23.5 Å². The Morgan fingerprint density at radius 1 is 1.06 bits per heavy atom. The first-order valence-electron chi connectivity index (χ1n) is 11.2. The second kappa shape index (κ2) is 10.8. The minimum Gasteiger partial charge on any atom is -0.354 e. The Morgan fingerprint density at radius 2 is 1.88 bits per heavy atom. The standard InChI is InChI=1S/C25H30N6OS/c1-18-19(2)28-25(29-23(18)31-13-11-30(3)12-14-31)33-17-20-7-6-8-21(15-20)24(32)27-16-22-9-4-5-10-26-22/h4-10,15H,11-14,16-17H2,1-3H3,(H,27,32). The van der Waals surface area contributed by atoms with Crippen LogP contribution in [0.15, 0.2) is 53.8 Å². The van der Waals surface area contributed by atoms with Gasteiger partial charge in [-0.25, -0.2) is 9.97 Å². The monoisotopic (exact) mass is 462 g/mol. The second-order valence-corrected chi connectivity index (χ2v) is 9.27. The van der Waals surface area contributed by atoms with Gasteiger partial charge in [0.05, 0.1) is 12.2 Å². The van der Waals surface area contributed by atoms with Crippen LogP contribution in [0.25, 0.3) is 0 Å². The molecule has 1 saturated heterocycles. The van der Waals surface area contributed by atoms with Gasteiger partial charge in [-0.15, -0.1) is 0 Å². The number of amides is 1. The molecule has 172 valence electrons. The molecule has 4 rings (SSSR count). The number of benzene rings is 1. The smallest absolute Gasteiger partial charge is 0.251 e. The summed E-state index contributed by atoms with van der Waals surface area (Å²) >= 11 is 1.60. The summed E-state index contributed by atoms with van der Waals surface area (Å²) in [5.41, 5.74) is 4.71. The predicted octanol–water partition coefficient (Wildman–Crippen LogP) is 3.46. The van der Waals surface area contributed by atoms with Gasteiger partial charge in [-0.05, 0) is 50.7 Å². The first-order chi connectivity index (χ1) is 16.0. The molecular weight excluding hydrogens is 432 g/mol. The SMILES string of the molecule is Cc1nc(SCc2cccc(C(=O)NCc3ccccn3)c2)nc(N2CCN(C)CC2)c1C. The fraction of sp³-hybridized carbons (Fsp3) is 0.360. The molecule has 3 aromatic rings. The number of likely N-dealkylation sites (N-methyl/N-ethyl adjacent to an activating group) is 1. The van der Waals surface area contributed by atoms with Gasteiger partial charge in [0.15, 0.2) is 5.16 Å². The molecule has 0 saturated carbocycles. The van der Waals surface area contributed by atoms with Crippen molar-refractivity contribution in [1.29, 1.82) is 0 Å². The lowest BCUT2D eigenvalue weighted by Crippen LogP contribution is -2.45. The minimum absolute atomic E-state index is 0.104. The van der Waals surface area contributed by atoms with E-state index in [0.29, 0.717) is 17.9 Å². The lowest BCUT2D eigenvalue weighted by Gasteiger charge is -2.34. The van der Waals surface area contributed by atoms with Crippen molar-refractivity contribution in [2.45, 2.75) is 31.3 Å². The van der Waals surface area contributed by atoms with Crippen LogP contribution in [0, 0.1) is 13.8 Å². The summed E-state index contributed by atoms with van der Waals surface area (Å²) < 4.78 is 0. The van der Waals surface area contributed by atoms with E-state index in [9.17, 15) is 4.79 Å². The molecule has 0 radical (unpaired) electrons. The summed E-state index contributed by atoms with van der Waals surface area (Å²) in [5.74, 6) is 1.64. The third-order valence-electron chi connectivity index (χ3n) is 5.86. The van der Waals surface area contributed by atoms with Crippen LogP contribution < -0.4 is 10.2 Å². The van der Waals surface area contributed by atoms with Gasteiger partial charge >= 0.3 is 0 Å². The number of carbonyl (C=O) groups excluding carboxylic acids is 1. The molecule has 8 heteroatoms. The molecule has 0 bridgehead atoms.